The number of aromatic nitrogens is 4. The first-order valence-electron chi connectivity index (χ1n) is 20.7. The van der Waals surface area contributed by atoms with Crippen molar-refractivity contribution in [1.82, 2.24) is 41.2 Å². The topological polar surface area (TPSA) is 209 Å². The molecule has 8 N–H and O–H groups in total. The predicted molar refractivity (Wildman–Crippen MR) is 219 cm³/mol. The molecule has 58 heavy (non-hydrogen) atoms. The van der Waals surface area contributed by atoms with Gasteiger partial charge in [-0.25, -0.2) is 0 Å². The van der Waals surface area contributed by atoms with Crippen molar-refractivity contribution in [3.8, 4) is 0 Å². The van der Waals surface area contributed by atoms with Crippen LogP contribution >= 0.6 is 0 Å². The Balaban J connectivity index is 1.08. The third-order valence-electron chi connectivity index (χ3n) is 12.9. The molecule has 3 aliphatic rings. The van der Waals surface area contributed by atoms with Crippen molar-refractivity contribution in [2.45, 2.75) is 58.2 Å². The minimum atomic E-state index is -0.770. The van der Waals surface area contributed by atoms with E-state index < -0.39 is 35.7 Å². The van der Waals surface area contributed by atoms with Crippen LogP contribution in [0.5, 0.6) is 0 Å². The van der Waals surface area contributed by atoms with Crippen LogP contribution in [0.25, 0.3) is 21.8 Å². The first-order valence-corrected chi connectivity index (χ1v) is 20.7. The van der Waals surface area contributed by atoms with Gasteiger partial charge in [-0.1, -0.05) is 36.4 Å². The van der Waals surface area contributed by atoms with E-state index in [0.717, 1.165) is 94.3 Å². The third-order valence-corrected chi connectivity index (χ3v) is 12.9. The van der Waals surface area contributed by atoms with E-state index in [9.17, 15) is 29.7 Å². The minimum Gasteiger partial charge on any atom is -0.481 e. The third kappa shape index (κ3) is 9.10. The molecular formula is C44H54N8O6. The molecule has 5 heterocycles. The highest BCUT2D eigenvalue weighted by molar-refractivity contribution is 5.83. The van der Waals surface area contributed by atoms with Crippen molar-refractivity contribution in [2.24, 2.45) is 35.5 Å². The van der Waals surface area contributed by atoms with Crippen LogP contribution in [-0.4, -0.2) is 97.8 Å². The number of hydrogen-bond donors (Lipinski definition) is 8. The Morgan fingerprint density at radius 1 is 0.569 bits per heavy atom. The van der Waals surface area contributed by atoms with Gasteiger partial charge < -0.3 is 31.3 Å². The fourth-order valence-corrected chi connectivity index (χ4v) is 9.63. The van der Waals surface area contributed by atoms with Crippen molar-refractivity contribution in [2.75, 3.05) is 39.3 Å². The first kappa shape index (κ1) is 39.7. The van der Waals surface area contributed by atoms with Crippen LogP contribution in [0.15, 0.2) is 60.7 Å². The molecular weight excluding hydrogens is 737 g/mol. The lowest BCUT2D eigenvalue weighted by Crippen LogP contribution is -2.27. The van der Waals surface area contributed by atoms with Crippen molar-refractivity contribution in [3.63, 3.8) is 0 Å². The first-order chi connectivity index (χ1) is 28.2. The highest BCUT2D eigenvalue weighted by Gasteiger charge is 2.33. The van der Waals surface area contributed by atoms with E-state index in [2.05, 4.69) is 65.5 Å². The molecule has 3 aliphatic heterocycles. The fourth-order valence-electron chi connectivity index (χ4n) is 9.63. The summed E-state index contributed by atoms with van der Waals surface area (Å²) in [6, 6.07) is 20.2. The normalized spacial score (nSPS) is 21.2. The van der Waals surface area contributed by atoms with Crippen LogP contribution in [0.2, 0.25) is 0 Å². The summed E-state index contributed by atoms with van der Waals surface area (Å²) >= 11 is 0. The summed E-state index contributed by atoms with van der Waals surface area (Å²) in [6.07, 6.45) is 3.89. The number of benzene rings is 3. The number of carbonyl (C=O) groups is 3. The smallest absolute Gasteiger partial charge is 0.307 e. The van der Waals surface area contributed by atoms with Gasteiger partial charge in [0.2, 0.25) is 0 Å². The molecule has 8 rings (SSSR count). The second-order valence-corrected chi connectivity index (χ2v) is 16.8. The number of fused-ring (bicyclic) bond motifs is 2. The van der Waals surface area contributed by atoms with Gasteiger partial charge in [0.25, 0.3) is 0 Å². The molecule has 5 aromatic rings. The maximum Gasteiger partial charge on any atom is 0.307 e. The van der Waals surface area contributed by atoms with Gasteiger partial charge in [0.05, 0.1) is 40.2 Å². The Hall–Kier alpha value is -5.15. The molecule has 3 fully saturated rings. The summed E-state index contributed by atoms with van der Waals surface area (Å²) in [6.45, 7) is 6.17. The molecule has 3 saturated heterocycles. The average Bonchev–Trinajstić information content (AvgIpc) is 4.07. The zero-order valence-corrected chi connectivity index (χ0v) is 32.8. The van der Waals surface area contributed by atoms with Crippen molar-refractivity contribution in [3.05, 3.63) is 94.3 Å². The Morgan fingerprint density at radius 3 is 1.38 bits per heavy atom. The van der Waals surface area contributed by atoms with Gasteiger partial charge in [0, 0.05) is 30.4 Å². The molecule has 3 aromatic carbocycles. The highest BCUT2D eigenvalue weighted by atomic mass is 16.4. The van der Waals surface area contributed by atoms with E-state index in [4.69, 9.17) is 0 Å². The van der Waals surface area contributed by atoms with E-state index in [1.807, 2.05) is 36.4 Å². The van der Waals surface area contributed by atoms with Gasteiger partial charge in [0.15, 0.2) is 0 Å². The molecule has 0 bridgehead atoms. The number of nitrogens with one attached hydrogen (secondary N) is 5. The largest absolute Gasteiger partial charge is 0.481 e. The van der Waals surface area contributed by atoms with Gasteiger partial charge in [-0.3, -0.25) is 29.5 Å². The number of rotatable bonds is 18. The number of hydrogen-bond acceptors (Lipinski definition) is 9. The number of carboxylic acid groups (broad SMARTS) is 3. The van der Waals surface area contributed by atoms with Crippen LogP contribution < -0.4 is 16.0 Å². The lowest BCUT2D eigenvalue weighted by molar-refractivity contribution is -0.144. The lowest BCUT2D eigenvalue weighted by atomic mass is 9.86. The number of H-pyrrole nitrogens is 2. The second-order valence-electron chi connectivity index (χ2n) is 16.8. The summed E-state index contributed by atoms with van der Waals surface area (Å²) in [7, 11) is 0. The standard InChI is InChI=1S/C44H54N8O6/c53-42(54)33(30-8-11-45-20-30)15-26-2-1-3-29(14-26)23-52(24-40-36-18-27(4-6-38(36)48-50-40)16-34(43(55)56)31-9-12-46-21-31)25-41-37-19-28(5-7-39(37)49-51-41)17-35(44(57)58)32-10-13-47-22-32/h1-7,14,18-19,30-35,45-47H,8-13,15-17,20-25H2,(H,48,50)(H,49,51)(H,53,54)(H,55,56)(H,57,58)/t30-,31-,32-,33-,34-,35-/m0/s1. The van der Waals surface area contributed by atoms with E-state index in [0.29, 0.717) is 58.5 Å². The number of carboxylic acids is 3. The molecule has 0 spiro atoms. The molecule has 0 amide bonds. The number of nitrogens with zero attached hydrogens (tertiary/aromatic N) is 3. The van der Waals surface area contributed by atoms with Crippen molar-refractivity contribution >= 4 is 39.7 Å². The number of aliphatic carboxylic acids is 3. The average molecular weight is 791 g/mol. The maximum absolute atomic E-state index is 12.4. The molecule has 2 aromatic heterocycles. The zero-order valence-electron chi connectivity index (χ0n) is 32.8. The molecule has 306 valence electrons. The van der Waals surface area contributed by atoms with Gasteiger partial charge in [-0.15, -0.1) is 0 Å². The Bertz CT molecular complexity index is 2120. The van der Waals surface area contributed by atoms with Gasteiger partial charge in [-0.05, 0) is 142 Å². The van der Waals surface area contributed by atoms with Crippen LogP contribution in [0, 0.1) is 35.5 Å². The molecule has 0 saturated carbocycles. The summed E-state index contributed by atoms with van der Waals surface area (Å²) < 4.78 is 0. The SMILES string of the molecule is O=C(O)[C@@H](Cc1cccc(CN(Cc2[nH]nc3ccc(C[C@H](C(=O)O)[C@H]4CCNC4)cc23)Cc2[nH]nc3ccc(C[C@H](C(=O)O)[C@H]4CCNC4)cc23)c1)[C@H]1CCNC1. The van der Waals surface area contributed by atoms with Gasteiger partial charge in [-0.2, -0.15) is 10.2 Å². The van der Waals surface area contributed by atoms with Crippen LogP contribution in [0.3, 0.4) is 0 Å². The maximum atomic E-state index is 12.4. The van der Waals surface area contributed by atoms with Crippen LogP contribution in [0.4, 0.5) is 0 Å². The molecule has 0 radical (unpaired) electrons. The molecule has 0 aliphatic carbocycles. The summed E-state index contributed by atoms with van der Waals surface area (Å²) in [5.41, 5.74) is 7.36. The Labute approximate surface area is 337 Å². The molecule has 14 nitrogen and oxygen atoms in total. The predicted octanol–water partition coefficient (Wildman–Crippen LogP) is 4.20. The second kappa shape index (κ2) is 17.8. The van der Waals surface area contributed by atoms with E-state index >= 15 is 0 Å². The highest BCUT2D eigenvalue weighted by Crippen LogP contribution is 2.30. The van der Waals surface area contributed by atoms with Crippen molar-refractivity contribution in [1.29, 1.82) is 0 Å². The van der Waals surface area contributed by atoms with Gasteiger partial charge >= 0.3 is 17.9 Å². The molecule has 14 heteroatoms. The van der Waals surface area contributed by atoms with E-state index in [-0.39, 0.29) is 17.8 Å². The summed E-state index contributed by atoms with van der Waals surface area (Å²) in [4.78, 5) is 39.4. The van der Waals surface area contributed by atoms with Crippen molar-refractivity contribution < 1.29 is 29.7 Å². The van der Waals surface area contributed by atoms with E-state index in [1.165, 1.54) is 0 Å². The molecule has 0 unspecified atom stereocenters. The molecule has 6 atom stereocenters. The summed E-state index contributed by atoms with van der Waals surface area (Å²) in [5.74, 6) is -3.45. The monoisotopic (exact) mass is 790 g/mol. The van der Waals surface area contributed by atoms with E-state index in [1.54, 1.807) is 0 Å². The number of aromatic amines is 2. The summed E-state index contributed by atoms with van der Waals surface area (Å²) in [5, 5.41) is 58.1. The van der Waals surface area contributed by atoms with Crippen LogP contribution in [-0.2, 0) is 53.3 Å². The zero-order chi connectivity index (χ0) is 40.2. The Kier molecular flexibility index (Phi) is 12.2. The van der Waals surface area contributed by atoms with Crippen LogP contribution in [0.1, 0.15) is 52.9 Å². The fraction of sp³-hybridized carbons (Fsp3) is 0.477. The Morgan fingerprint density at radius 2 is 0.983 bits per heavy atom. The lowest BCUT2D eigenvalue weighted by Gasteiger charge is -2.23. The quantitative estimate of drug-likeness (QED) is 0.0629. The minimum absolute atomic E-state index is 0.0864. The van der Waals surface area contributed by atoms with Gasteiger partial charge in [0.1, 0.15) is 0 Å².